The number of hydrogen-bond donors (Lipinski definition) is 4. The van der Waals surface area contributed by atoms with Gasteiger partial charge in [-0.05, 0) is 82.5 Å². The van der Waals surface area contributed by atoms with Gasteiger partial charge in [-0.2, -0.15) is 5.26 Å². The number of halogens is 3. The highest BCUT2D eigenvalue weighted by molar-refractivity contribution is 6.36. The van der Waals surface area contributed by atoms with E-state index in [-0.39, 0.29) is 22.0 Å². The van der Waals surface area contributed by atoms with Gasteiger partial charge in [-0.15, -0.1) is 5.53 Å². The van der Waals surface area contributed by atoms with Crippen LogP contribution in [0.4, 0.5) is 21.5 Å². The van der Waals surface area contributed by atoms with E-state index in [4.69, 9.17) is 23.2 Å². The molecule has 1 fully saturated rings. The second-order valence-electron chi connectivity index (χ2n) is 13.8. The molecule has 0 bridgehead atoms. The van der Waals surface area contributed by atoms with Crippen LogP contribution in [0.25, 0.3) is 10.9 Å². The number of carbonyl (C=O) groups is 1. The minimum Gasteiger partial charge on any atom is -0.373 e. The van der Waals surface area contributed by atoms with Crippen molar-refractivity contribution in [3.05, 3.63) is 106 Å². The fourth-order valence-corrected chi connectivity index (χ4v) is 6.54. The highest BCUT2D eigenvalue weighted by Gasteiger charge is 2.32. The van der Waals surface area contributed by atoms with Crippen molar-refractivity contribution in [1.82, 2.24) is 30.8 Å². The van der Waals surface area contributed by atoms with Crippen LogP contribution >= 0.6 is 23.2 Å². The number of piperidine rings is 1. The van der Waals surface area contributed by atoms with Crippen LogP contribution in [-0.4, -0.2) is 63.5 Å². The molecule has 268 valence electrons. The number of hydrogen-bond acceptors (Lipinski definition) is 9. The zero-order chi connectivity index (χ0) is 37.0. The second-order valence-corrected chi connectivity index (χ2v) is 14.6. The van der Waals surface area contributed by atoms with Crippen LogP contribution in [0.2, 0.25) is 10.0 Å². The Kier molecular flexibility index (Phi) is 11.6. The predicted molar refractivity (Wildman–Crippen MR) is 205 cm³/mol. The van der Waals surface area contributed by atoms with Crippen molar-refractivity contribution in [2.45, 2.75) is 65.1 Å². The van der Waals surface area contributed by atoms with E-state index in [0.717, 1.165) is 42.9 Å². The molecule has 3 aromatic rings. The van der Waals surface area contributed by atoms with Crippen LogP contribution in [0.5, 0.6) is 0 Å². The summed E-state index contributed by atoms with van der Waals surface area (Å²) < 4.78 is 13.9. The van der Waals surface area contributed by atoms with E-state index in [1.807, 2.05) is 31.2 Å². The highest BCUT2D eigenvalue weighted by atomic mass is 35.5. The Morgan fingerprint density at radius 2 is 1.88 bits per heavy atom. The SMILES string of the molecule is C=C(/C=C\C=C(/C)N(C)C(C)=O)[C@H](Nc1cc(Cl)c2ncc(C#N)c(Nc3ccc(F)c(Cl)c3)c2c1)C1=CN(C2CCN(C(C)(C)C)CC2)NN1. The number of fused-ring (bicyclic) bond motifs is 1. The van der Waals surface area contributed by atoms with Gasteiger partial charge < -0.3 is 21.0 Å². The van der Waals surface area contributed by atoms with Crippen LogP contribution < -0.4 is 21.6 Å². The molecule has 5 rings (SSSR count). The summed E-state index contributed by atoms with van der Waals surface area (Å²) in [5, 5.41) is 19.8. The Morgan fingerprint density at radius 3 is 2.53 bits per heavy atom. The van der Waals surface area contributed by atoms with Gasteiger partial charge in [-0.25, -0.2) is 4.39 Å². The summed E-state index contributed by atoms with van der Waals surface area (Å²) >= 11 is 12.9. The number of benzene rings is 2. The normalized spacial score (nSPS) is 16.5. The number of anilines is 3. The first-order valence-corrected chi connectivity index (χ1v) is 17.5. The summed E-state index contributed by atoms with van der Waals surface area (Å²) in [6.45, 7) is 16.5. The molecule has 4 N–H and O–H groups in total. The number of rotatable bonds is 10. The number of likely N-dealkylation sites (tertiary alicyclic amines) is 1. The monoisotopic (exact) mass is 731 g/mol. The molecule has 2 aliphatic rings. The van der Waals surface area contributed by atoms with E-state index < -0.39 is 11.9 Å². The zero-order valence-corrected chi connectivity index (χ0v) is 31.3. The fourth-order valence-electron chi connectivity index (χ4n) is 6.09. The molecule has 0 radical (unpaired) electrons. The Morgan fingerprint density at radius 1 is 1.18 bits per heavy atom. The number of carbonyl (C=O) groups excluding carboxylic acids is 1. The van der Waals surface area contributed by atoms with Crippen molar-refractivity contribution in [2.24, 2.45) is 0 Å². The molecule has 2 aromatic carbocycles. The maximum absolute atomic E-state index is 13.9. The van der Waals surface area contributed by atoms with Gasteiger partial charge in [0.05, 0.1) is 38.6 Å². The van der Waals surface area contributed by atoms with Gasteiger partial charge in [0.15, 0.2) is 0 Å². The molecule has 1 amide bonds. The van der Waals surface area contributed by atoms with Crippen molar-refractivity contribution in [3.8, 4) is 6.07 Å². The average Bonchev–Trinajstić information content (AvgIpc) is 3.58. The van der Waals surface area contributed by atoms with Gasteiger partial charge in [0.25, 0.3) is 0 Å². The summed E-state index contributed by atoms with van der Waals surface area (Å²) in [5.74, 6) is -0.610. The molecule has 0 aliphatic carbocycles. The first kappa shape index (κ1) is 37.7. The first-order chi connectivity index (χ1) is 24.2. The number of hydrazine groups is 2. The molecule has 10 nitrogen and oxygen atoms in total. The number of pyridine rings is 1. The van der Waals surface area contributed by atoms with Crippen LogP contribution in [0.15, 0.2) is 84.5 Å². The van der Waals surface area contributed by atoms with Crippen molar-refractivity contribution in [1.29, 1.82) is 5.26 Å². The van der Waals surface area contributed by atoms with Crippen LogP contribution in [0.3, 0.4) is 0 Å². The summed E-state index contributed by atoms with van der Waals surface area (Å²) in [6.07, 6.45) is 11.1. The Bertz CT molecular complexity index is 1960. The summed E-state index contributed by atoms with van der Waals surface area (Å²) in [5.41, 5.74) is 11.5. The maximum atomic E-state index is 13.9. The van der Waals surface area contributed by atoms with Crippen molar-refractivity contribution < 1.29 is 9.18 Å². The molecule has 2 aliphatic heterocycles. The number of nitrogens with one attached hydrogen (secondary N) is 4. The topological polar surface area (TPSA) is 112 Å². The molecule has 0 saturated carbocycles. The minimum atomic E-state index is -0.549. The standard InChI is InChI=1S/C38H44Cl2FN9O/c1-23(9-8-10-24(2)48(7)25(3)51)35(34-22-50(47-46-34)29-13-15-49(16-14-29)38(4,5)6)45-28-17-30-36(44-27-11-12-33(41)31(39)18-27)26(20-42)21-43-37(30)32(40)19-28/h8-12,17-19,21-22,29,35,45-47H,1,13-16H2,2-7H3,(H,43,44)/b9-8-,24-10+/t35-/m0/s1. The predicted octanol–water partition coefficient (Wildman–Crippen LogP) is 8.00. The lowest BCUT2D eigenvalue weighted by atomic mass is 9.98. The Labute approximate surface area is 309 Å². The third kappa shape index (κ3) is 8.83. The molecule has 51 heavy (non-hydrogen) atoms. The molecule has 0 spiro atoms. The van der Waals surface area contributed by atoms with Crippen molar-refractivity contribution in [2.75, 3.05) is 30.8 Å². The molecule has 1 saturated heterocycles. The van der Waals surface area contributed by atoms with Crippen molar-refractivity contribution >= 4 is 57.1 Å². The Hall–Kier alpha value is -4.60. The summed E-state index contributed by atoms with van der Waals surface area (Å²) in [4.78, 5) is 20.4. The summed E-state index contributed by atoms with van der Waals surface area (Å²) in [7, 11) is 1.73. The zero-order valence-electron chi connectivity index (χ0n) is 29.7. The Balaban J connectivity index is 1.49. The van der Waals surface area contributed by atoms with E-state index in [9.17, 15) is 14.4 Å². The number of nitrogens with zero attached hydrogens (tertiary/aromatic N) is 5. The van der Waals surface area contributed by atoms with Gasteiger partial charge in [0, 0.05) is 73.5 Å². The van der Waals surface area contributed by atoms with Crippen molar-refractivity contribution in [3.63, 3.8) is 0 Å². The summed E-state index contributed by atoms with van der Waals surface area (Å²) in [6, 6.07) is 9.93. The van der Waals surface area contributed by atoms with Crippen LogP contribution in [0.1, 0.15) is 53.0 Å². The molecule has 0 unspecified atom stereocenters. The van der Waals surface area contributed by atoms with Crippen LogP contribution in [0, 0.1) is 17.1 Å². The number of amides is 1. The lowest BCUT2D eigenvalue weighted by Gasteiger charge is -2.42. The number of nitriles is 1. The molecular weight excluding hydrogens is 688 g/mol. The van der Waals surface area contributed by atoms with Gasteiger partial charge in [-0.3, -0.25) is 19.7 Å². The third-order valence-corrected chi connectivity index (χ3v) is 9.87. The smallest absolute Gasteiger partial charge is 0.223 e. The second kappa shape index (κ2) is 15.7. The van der Waals surface area contributed by atoms with Gasteiger partial charge in [0.2, 0.25) is 5.91 Å². The number of allylic oxidation sites excluding steroid dienone is 3. The fraction of sp³-hybridized carbons (Fsp3) is 0.342. The average molecular weight is 733 g/mol. The van der Waals surface area contributed by atoms with E-state index >= 15 is 0 Å². The highest BCUT2D eigenvalue weighted by Crippen LogP contribution is 2.36. The van der Waals surface area contributed by atoms with E-state index in [1.54, 1.807) is 24.1 Å². The third-order valence-electron chi connectivity index (χ3n) is 9.29. The largest absolute Gasteiger partial charge is 0.373 e. The molecule has 3 heterocycles. The van der Waals surface area contributed by atoms with E-state index in [2.05, 4.69) is 76.1 Å². The van der Waals surface area contributed by atoms with E-state index in [1.165, 1.54) is 25.3 Å². The molecule has 1 atom stereocenters. The maximum Gasteiger partial charge on any atom is 0.223 e. The van der Waals surface area contributed by atoms with E-state index in [0.29, 0.717) is 39.0 Å². The molecule has 13 heteroatoms. The minimum absolute atomic E-state index is 0.0515. The quantitative estimate of drug-likeness (QED) is 0.154. The van der Waals surface area contributed by atoms with Crippen LogP contribution in [-0.2, 0) is 4.79 Å². The van der Waals surface area contributed by atoms with Gasteiger partial charge in [0.1, 0.15) is 11.9 Å². The lowest BCUT2D eigenvalue weighted by Crippen LogP contribution is -2.52. The lowest BCUT2D eigenvalue weighted by molar-refractivity contribution is -0.125. The number of aromatic nitrogens is 1. The van der Waals surface area contributed by atoms with Gasteiger partial charge >= 0.3 is 0 Å². The molecule has 1 aromatic heterocycles. The van der Waals surface area contributed by atoms with Gasteiger partial charge in [-0.1, -0.05) is 41.9 Å². The first-order valence-electron chi connectivity index (χ1n) is 16.7. The molecular formula is C38H44Cl2FN9O.